The minimum absolute atomic E-state index is 0.0887. The molecule has 0 saturated heterocycles. The van der Waals surface area contributed by atoms with Crippen molar-refractivity contribution in [3.8, 4) is 0 Å². The Morgan fingerprint density at radius 3 is 2.59 bits per heavy atom. The summed E-state index contributed by atoms with van der Waals surface area (Å²) in [6.45, 7) is 3.90. The number of thiophene rings is 1. The average molecular weight is 382 g/mol. The number of nitrogens with one attached hydrogen (secondary N) is 2. The molecule has 1 aromatic carbocycles. The Balaban J connectivity index is 1.42. The number of benzene rings is 1. The summed E-state index contributed by atoms with van der Waals surface area (Å²) in [5, 5.41) is 11.4. The molecule has 1 saturated carbocycles. The number of rotatable bonds is 5. The van der Waals surface area contributed by atoms with E-state index in [1.165, 1.54) is 11.3 Å². The smallest absolute Gasteiger partial charge is 0.261 e. The van der Waals surface area contributed by atoms with Gasteiger partial charge in [-0.1, -0.05) is 12.1 Å². The molecule has 0 radical (unpaired) electrons. The van der Waals surface area contributed by atoms with Gasteiger partial charge >= 0.3 is 0 Å². The monoisotopic (exact) mass is 382 g/mol. The van der Waals surface area contributed by atoms with Crippen LogP contribution in [0.3, 0.4) is 0 Å². The third kappa shape index (κ3) is 3.60. The first-order valence-corrected chi connectivity index (χ1v) is 9.89. The molecule has 1 aliphatic carbocycles. The summed E-state index contributed by atoms with van der Waals surface area (Å²) in [5.74, 6) is 0.191. The second-order valence-corrected chi connectivity index (χ2v) is 8.15. The number of nitrogens with zero attached hydrogens (tertiary/aromatic N) is 2. The van der Waals surface area contributed by atoms with Crippen LogP contribution in [0.2, 0.25) is 0 Å². The standard InChI is InChI=1S/C20H22N4O2S/c1-11(13-6-8-15(9-7-13)22-18(25)14-4-5-14)21-19(26)17-10-16-12(2)23-24(3)20(16)27-17/h6-11,14H,4-5H2,1-3H3,(H,21,26)(H,22,25). The van der Waals surface area contributed by atoms with E-state index in [2.05, 4.69) is 15.7 Å². The minimum atomic E-state index is -0.130. The molecule has 2 amide bonds. The molecule has 0 bridgehead atoms. The molecular formula is C20H22N4O2S. The third-order valence-electron chi connectivity index (χ3n) is 4.89. The molecule has 0 aliphatic heterocycles. The van der Waals surface area contributed by atoms with Gasteiger partial charge in [-0.2, -0.15) is 5.10 Å². The molecule has 4 rings (SSSR count). The van der Waals surface area contributed by atoms with Crippen LogP contribution >= 0.6 is 11.3 Å². The normalized spacial score (nSPS) is 14.9. The van der Waals surface area contributed by atoms with E-state index in [0.717, 1.165) is 40.0 Å². The molecule has 2 heterocycles. The second kappa shape index (κ2) is 6.81. The number of aromatic nitrogens is 2. The predicted octanol–water partition coefficient (Wildman–Crippen LogP) is 3.78. The maximum Gasteiger partial charge on any atom is 0.261 e. The highest BCUT2D eigenvalue weighted by Gasteiger charge is 2.29. The average Bonchev–Trinajstić information content (AvgIpc) is 3.33. The van der Waals surface area contributed by atoms with Gasteiger partial charge in [-0.3, -0.25) is 14.3 Å². The molecule has 0 spiro atoms. The number of fused-ring (bicyclic) bond motifs is 1. The van der Waals surface area contributed by atoms with Crippen molar-refractivity contribution in [2.45, 2.75) is 32.7 Å². The van der Waals surface area contributed by atoms with Crippen LogP contribution in [-0.4, -0.2) is 21.6 Å². The van der Waals surface area contributed by atoms with Crippen molar-refractivity contribution in [1.82, 2.24) is 15.1 Å². The lowest BCUT2D eigenvalue weighted by Gasteiger charge is -2.14. The van der Waals surface area contributed by atoms with Crippen LogP contribution in [0.1, 0.15) is 46.7 Å². The largest absolute Gasteiger partial charge is 0.345 e. The van der Waals surface area contributed by atoms with Crippen LogP contribution in [-0.2, 0) is 11.8 Å². The molecule has 7 heteroatoms. The van der Waals surface area contributed by atoms with E-state index in [9.17, 15) is 9.59 Å². The van der Waals surface area contributed by atoms with E-state index >= 15 is 0 Å². The third-order valence-corrected chi connectivity index (χ3v) is 6.09. The fourth-order valence-electron chi connectivity index (χ4n) is 3.11. The van der Waals surface area contributed by atoms with Crippen molar-refractivity contribution in [2.24, 2.45) is 13.0 Å². The van der Waals surface area contributed by atoms with Gasteiger partial charge in [-0.05, 0) is 50.5 Å². The Labute approximate surface area is 161 Å². The quantitative estimate of drug-likeness (QED) is 0.705. The first-order valence-electron chi connectivity index (χ1n) is 9.07. The van der Waals surface area contributed by atoms with Gasteiger partial charge in [0, 0.05) is 24.0 Å². The zero-order valence-corrected chi connectivity index (χ0v) is 16.4. The number of carbonyl (C=O) groups is 2. The summed E-state index contributed by atoms with van der Waals surface area (Å²) >= 11 is 1.45. The summed E-state index contributed by atoms with van der Waals surface area (Å²) in [4.78, 5) is 26.1. The predicted molar refractivity (Wildman–Crippen MR) is 107 cm³/mol. The van der Waals surface area contributed by atoms with Gasteiger partial charge in [0.05, 0.1) is 16.6 Å². The highest BCUT2D eigenvalue weighted by molar-refractivity contribution is 7.20. The zero-order chi connectivity index (χ0) is 19.1. The lowest BCUT2D eigenvalue weighted by Crippen LogP contribution is -2.25. The van der Waals surface area contributed by atoms with Crippen molar-refractivity contribution in [2.75, 3.05) is 5.32 Å². The number of amides is 2. The lowest BCUT2D eigenvalue weighted by molar-refractivity contribution is -0.117. The van der Waals surface area contributed by atoms with Crippen LogP contribution in [0.25, 0.3) is 10.2 Å². The summed E-state index contributed by atoms with van der Waals surface area (Å²) in [5.41, 5.74) is 2.72. The number of carbonyl (C=O) groups excluding carboxylic acids is 2. The molecule has 1 unspecified atom stereocenters. The van der Waals surface area contributed by atoms with Crippen molar-refractivity contribution in [3.63, 3.8) is 0 Å². The highest BCUT2D eigenvalue weighted by atomic mass is 32.1. The van der Waals surface area contributed by atoms with Crippen LogP contribution in [0, 0.1) is 12.8 Å². The molecular weight excluding hydrogens is 360 g/mol. The molecule has 140 valence electrons. The van der Waals surface area contributed by atoms with E-state index in [4.69, 9.17) is 0 Å². The Hall–Kier alpha value is -2.67. The first-order chi connectivity index (χ1) is 12.9. The molecule has 2 aromatic heterocycles. The van der Waals surface area contributed by atoms with Gasteiger partial charge in [0.15, 0.2) is 0 Å². The van der Waals surface area contributed by atoms with Crippen molar-refractivity contribution >= 4 is 39.1 Å². The Bertz CT molecular complexity index is 980. The zero-order valence-electron chi connectivity index (χ0n) is 15.6. The molecule has 2 N–H and O–H groups in total. The SMILES string of the molecule is Cc1nn(C)c2sc(C(=O)NC(C)c3ccc(NC(=O)C4CC4)cc3)cc12. The van der Waals surface area contributed by atoms with E-state index in [1.807, 2.05) is 55.9 Å². The fourth-order valence-corrected chi connectivity index (χ4v) is 4.14. The van der Waals surface area contributed by atoms with E-state index < -0.39 is 0 Å². The van der Waals surface area contributed by atoms with Crippen LogP contribution in [0.15, 0.2) is 30.3 Å². The maximum absolute atomic E-state index is 12.6. The topological polar surface area (TPSA) is 76.0 Å². The van der Waals surface area contributed by atoms with Crippen LogP contribution in [0.5, 0.6) is 0 Å². The number of anilines is 1. The maximum atomic E-state index is 12.6. The van der Waals surface area contributed by atoms with Gasteiger partial charge in [0.1, 0.15) is 4.83 Å². The van der Waals surface area contributed by atoms with Gasteiger partial charge in [0.2, 0.25) is 5.91 Å². The summed E-state index contributed by atoms with van der Waals surface area (Å²) in [6.07, 6.45) is 1.97. The van der Waals surface area contributed by atoms with Gasteiger partial charge in [-0.15, -0.1) is 11.3 Å². The Morgan fingerprint density at radius 2 is 1.96 bits per heavy atom. The summed E-state index contributed by atoms with van der Waals surface area (Å²) < 4.78 is 1.81. The van der Waals surface area contributed by atoms with Crippen molar-refractivity contribution in [3.05, 3.63) is 46.5 Å². The van der Waals surface area contributed by atoms with Crippen molar-refractivity contribution < 1.29 is 9.59 Å². The first kappa shape index (κ1) is 17.7. The summed E-state index contributed by atoms with van der Waals surface area (Å²) in [6, 6.07) is 9.41. The Kier molecular flexibility index (Phi) is 4.47. The minimum Gasteiger partial charge on any atom is -0.345 e. The second-order valence-electron chi connectivity index (χ2n) is 7.12. The van der Waals surface area contributed by atoms with E-state index in [0.29, 0.717) is 4.88 Å². The van der Waals surface area contributed by atoms with Gasteiger partial charge in [0.25, 0.3) is 5.91 Å². The number of aryl methyl sites for hydroxylation is 2. The van der Waals surface area contributed by atoms with E-state index in [-0.39, 0.29) is 23.8 Å². The van der Waals surface area contributed by atoms with Crippen molar-refractivity contribution in [1.29, 1.82) is 0 Å². The highest BCUT2D eigenvalue weighted by Crippen LogP contribution is 2.30. The lowest BCUT2D eigenvalue weighted by atomic mass is 10.1. The van der Waals surface area contributed by atoms with E-state index in [1.54, 1.807) is 0 Å². The molecule has 1 atom stereocenters. The fraction of sp³-hybridized carbons (Fsp3) is 0.350. The molecule has 27 heavy (non-hydrogen) atoms. The Morgan fingerprint density at radius 1 is 1.26 bits per heavy atom. The summed E-state index contributed by atoms with van der Waals surface area (Å²) in [7, 11) is 1.89. The number of hydrogen-bond donors (Lipinski definition) is 2. The molecule has 1 fully saturated rings. The molecule has 3 aromatic rings. The van der Waals surface area contributed by atoms with Gasteiger partial charge in [-0.25, -0.2) is 0 Å². The van der Waals surface area contributed by atoms with Gasteiger partial charge < -0.3 is 10.6 Å². The molecule has 6 nitrogen and oxygen atoms in total. The number of hydrogen-bond acceptors (Lipinski definition) is 4. The van der Waals surface area contributed by atoms with Crippen LogP contribution < -0.4 is 10.6 Å². The van der Waals surface area contributed by atoms with Crippen LogP contribution in [0.4, 0.5) is 5.69 Å². The molecule has 1 aliphatic rings.